The summed E-state index contributed by atoms with van der Waals surface area (Å²) in [6, 6.07) is 2.45. The minimum atomic E-state index is 0.803. The van der Waals surface area contributed by atoms with Crippen molar-refractivity contribution in [2.45, 2.75) is 70.5 Å². The molecule has 2 aliphatic rings. The van der Waals surface area contributed by atoms with Crippen LogP contribution in [-0.2, 0) is 0 Å². The number of hydrogen-bond acceptors (Lipinski definition) is 2. The second kappa shape index (κ2) is 5.31. The molecule has 2 nitrogen and oxygen atoms in total. The molecule has 2 rings (SSSR count). The Labute approximate surface area is 94.4 Å². The van der Waals surface area contributed by atoms with Crippen LogP contribution in [-0.4, -0.2) is 36.1 Å². The molecule has 1 aliphatic carbocycles. The predicted octanol–water partition coefficient (Wildman–Crippen LogP) is 2.39. The molecule has 2 heteroatoms. The van der Waals surface area contributed by atoms with Gasteiger partial charge in [-0.25, -0.2) is 0 Å². The average Bonchev–Trinajstić information content (AvgIpc) is 2.13. The smallest absolute Gasteiger partial charge is 0.0113 e. The molecule has 0 amide bonds. The molecule has 0 bridgehead atoms. The van der Waals surface area contributed by atoms with Crippen molar-refractivity contribution in [1.29, 1.82) is 0 Å². The van der Waals surface area contributed by atoms with E-state index in [2.05, 4.69) is 24.1 Å². The zero-order chi connectivity index (χ0) is 10.7. The van der Waals surface area contributed by atoms with E-state index in [9.17, 15) is 0 Å². The number of piperidine rings is 1. The summed E-state index contributed by atoms with van der Waals surface area (Å²) in [7, 11) is 0. The van der Waals surface area contributed by atoms with E-state index in [1.165, 1.54) is 51.6 Å². The van der Waals surface area contributed by atoms with Crippen LogP contribution in [0.4, 0.5) is 0 Å². The maximum Gasteiger partial charge on any atom is 0.0113 e. The first-order chi connectivity index (χ1) is 7.27. The van der Waals surface area contributed by atoms with Crippen LogP contribution in [0, 0.1) is 0 Å². The third-order valence-electron chi connectivity index (χ3n) is 4.28. The summed E-state index contributed by atoms with van der Waals surface area (Å²) in [5, 5.41) is 3.67. The molecule has 1 aliphatic heterocycles. The molecule has 2 atom stereocenters. The summed E-state index contributed by atoms with van der Waals surface area (Å²) < 4.78 is 0. The van der Waals surface area contributed by atoms with Gasteiger partial charge < -0.3 is 5.32 Å². The lowest BCUT2D eigenvalue weighted by Gasteiger charge is -2.39. The van der Waals surface area contributed by atoms with Crippen LogP contribution in [0.5, 0.6) is 0 Å². The highest BCUT2D eigenvalue weighted by atomic mass is 15.2. The Morgan fingerprint density at radius 3 is 2.13 bits per heavy atom. The Kier molecular flexibility index (Phi) is 4.04. The highest BCUT2D eigenvalue weighted by molar-refractivity contribution is 4.81. The third kappa shape index (κ3) is 2.94. The van der Waals surface area contributed by atoms with E-state index in [-0.39, 0.29) is 0 Å². The standard InChI is InChI=1S/C13H26N2/c1-11-5-3-6-12(2)15(11)10-9-14-13-7-4-8-13/h11-14H,3-10H2,1-2H3. The first-order valence-corrected chi connectivity index (χ1v) is 6.76. The lowest BCUT2D eigenvalue weighted by molar-refractivity contribution is 0.102. The van der Waals surface area contributed by atoms with Crippen LogP contribution in [0.2, 0.25) is 0 Å². The van der Waals surface area contributed by atoms with Crippen LogP contribution in [0.3, 0.4) is 0 Å². The van der Waals surface area contributed by atoms with E-state index in [0.29, 0.717) is 0 Å². The van der Waals surface area contributed by atoms with Gasteiger partial charge in [0.1, 0.15) is 0 Å². The van der Waals surface area contributed by atoms with Crippen LogP contribution >= 0.6 is 0 Å². The molecule has 1 heterocycles. The topological polar surface area (TPSA) is 15.3 Å². The molecule has 0 radical (unpaired) electrons. The molecule has 1 N–H and O–H groups in total. The van der Waals surface area contributed by atoms with Gasteiger partial charge in [0.2, 0.25) is 0 Å². The summed E-state index contributed by atoms with van der Waals surface area (Å²) >= 11 is 0. The minimum absolute atomic E-state index is 0.803. The molecule has 0 spiro atoms. The third-order valence-corrected chi connectivity index (χ3v) is 4.28. The fourth-order valence-electron chi connectivity index (χ4n) is 2.93. The van der Waals surface area contributed by atoms with E-state index in [4.69, 9.17) is 0 Å². The SMILES string of the molecule is CC1CCCC(C)N1CCNC1CCC1. The summed E-state index contributed by atoms with van der Waals surface area (Å²) in [4.78, 5) is 2.69. The Balaban J connectivity index is 1.66. The monoisotopic (exact) mass is 210 g/mol. The number of hydrogen-bond donors (Lipinski definition) is 1. The Morgan fingerprint density at radius 2 is 1.60 bits per heavy atom. The summed E-state index contributed by atoms with van der Waals surface area (Å²) in [5.41, 5.74) is 0. The maximum absolute atomic E-state index is 3.67. The summed E-state index contributed by atoms with van der Waals surface area (Å²) in [5.74, 6) is 0. The quantitative estimate of drug-likeness (QED) is 0.766. The van der Waals surface area contributed by atoms with Gasteiger partial charge >= 0.3 is 0 Å². The van der Waals surface area contributed by atoms with Crippen molar-refractivity contribution in [2.75, 3.05) is 13.1 Å². The van der Waals surface area contributed by atoms with Crippen LogP contribution in [0.25, 0.3) is 0 Å². The van der Waals surface area contributed by atoms with E-state index in [1.807, 2.05) is 0 Å². The van der Waals surface area contributed by atoms with E-state index < -0.39 is 0 Å². The highest BCUT2D eigenvalue weighted by Gasteiger charge is 2.24. The first kappa shape index (κ1) is 11.4. The first-order valence-electron chi connectivity index (χ1n) is 6.76. The average molecular weight is 210 g/mol. The molecule has 2 unspecified atom stereocenters. The molecule has 0 aromatic heterocycles. The predicted molar refractivity (Wildman–Crippen MR) is 65.1 cm³/mol. The lowest BCUT2D eigenvalue weighted by atomic mass is 9.93. The minimum Gasteiger partial charge on any atom is -0.313 e. The molecule has 15 heavy (non-hydrogen) atoms. The van der Waals surface area contributed by atoms with Gasteiger partial charge in [-0.2, -0.15) is 0 Å². The number of rotatable bonds is 4. The van der Waals surface area contributed by atoms with Gasteiger partial charge in [-0.15, -0.1) is 0 Å². The van der Waals surface area contributed by atoms with Crippen molar-refractivity contribution in [3.05, 3.63) is 0 Å². The number of nitrogens with zero attached hydrogens (tertiary/aromatic N) is 1. The Hall–Kier alpha value is -0.0800. The van der Waals surface area contributed by atoms with Crippen molar-refractivity contribution in [2.24, 2.45) is 0 Å². The highest BCUT2D eigenvalue weighted by Crippen LogP contribution is 2.22. The van der Waals surface area contributed by atoms with Gasteiger partial charge in [-0.1, -0.05) is 12.8 Å². The molecular formula is C13H26N2. The van der Waals surface area contributed by atoms with Gasteiger partial charge in [-0.05, 0) is 39.5 Å². The maximum atomic E-state index is 3.67. The zero-order valence-electron chi connectivity index (χ0n) is 10.3. The van der Waals surface area contributed by atoms with Crippen molar-refractivity contribution in [1.82, 2.24) is 10.2 Å². The second-order valence-corrected chi connectivity index (χ2v) is 5.45. The number of nitrogens with one attached hydrogen (secondary N) is 1. The van der Waals surface area contributed by atoms with Gasteiger partial charge in [0.25, 0.3) is 0 Å². The Bertz CT molecular complexity index is 179. The fourth-order valence-corrected chi connectivity index (χ4v) is 2.93. The van der Waals surface area contributed by atoms with Crippen LogP contribution in [0.1, 0.15) is 52.4 Å². The van der Waals surface area contributed by atoms with Crippen molar-refractivity contribution in [3.63, 3.8) is 0 Å². The Morgan fingerprint density at radius 1 is 1.00 bits per heavy atom. The molecular weight excluding hydrogens is 184 g/mol. The van der Waals surface area contributed by atoms with Gasteiger partial charge in [0, 0.05) is 31.2 Å². The lowest BCUT2D eigenvalue weighted by Crippen LogP contribution is -2.48. The summed E-state index contributed by atoms with van der Waals surface area (Å²) in [6.45, 7) is 7.22. The van der Waals surface area contributed by atoms with Crippen molar-refractivity contribution >= 4 is 0 Å². The second-order valence-electron chi connectivity index (χ2n) is 5.45. The largest absolute Gasteiger partial charge is 0.313 e. The normalized spacial score (nSPS) is 34.0. The fraction of sp³-hybridized carbons (Fsp3) is 1.00. The van der Waals surface area contributed by atoms with Crippen molar-refractivity contribution < 1.29 is 0 Å². The van der Waals surface area contributed by atoms with Crippen LogP contribution < -0.4 is 5.32 Å². The molecule has 88 valence electrons. The van der Waals surface area contributed by atoms with Crippen molar-refractivity contribution in [3.8, 4) is 0 Å². The molecule has 1 saturated carbocycles. The molecule has 0 aromatic carbocycles. The molecule has 0 aromatic rings. The van der Waals surface area contributed by atoms with E-state index >= 15 is 0 Å². The van der Waals surface area contributed by atoms with Gasteiger partial charge in [0.15, 0.2) is 0 Å². The molecule has 2 fully saturated rings. The zero-order valence-corrected chi connectivity index (χ0v) is 10.3. The van der Waals surface area contributed by atoms with E-state index in [0.717, 1.165) is 18.1 Å². The van der Waals surface area contributed by atoms with Gasteiger partial charge in [0.05, 0.1) is 0 Å². The molecule has 1 saturated heterocycles. The van der Waals surface area contributed by atoms with E-state index in [1.54, 1.807) is 0 Å². The summed E-state index contributed by atoms with van der Waals surface area (Å²) in [6.07, 6.45) is 8.47. The number of likely N-dealkylation sites (tertiary alicyclic amines) is 1. The van der Waals surface area contributed by atoms with Gasteiger partial charge in [-0.3, -0.25) is 4.90 Å². The van der Waals surface area contributed by atoms with Crippen LogP contribution in [0.15, 0.2) is 0 Å².